The van der Waals surface area contributed by atoms with Gasteiger partial charge >= 0.3 is 23.9 Å². The van der Waals surface area contributed by atoms with Gasteiger partial charge in [-0.3, -0.25) is 4.79 Å². The minimum absolute atomic E-state index is 0.0401. The van der Waals surface area contributed by atoms with Gasteiger partial charge in [0.15, 0.2) is 17.8 Å². The van der Waals surface area contributed by atoms with Gasteiger partial charge in [-0.15, -0.1) is 0 Å². The molecule has 0 aromatic heterocycles. The first kappa shape index (κ1) is 29.7. The molecule has 14 nitrogen and oxygen atoms in total. The van der Waals surface area contributed by atoms with Gasteiger partial charge in [-0.25, -0.2) is 14.4 Å². The standard InChI is InChI=1S/C28H38O14/c1-5-6-13(2)15-11-16-26-18(30)19-27(34,14(3)21(31)40-19)28(26,23(33)39-16)42-24-25(15,26)20(22(32)41-24)38-10-9-36-7-8-37-12-17(29)35-4/h13-16,18-20,24,30,34H,5-12H2,1-4H3/t13?,14?,15-,16?,18-,19-,20-,24-,25?,26-,27+,28+/m0/s1. The van der Waals surface area contributed by atoms with Crippen molar-refractivity contribution in [3.63, 3.8) is 0 Å². The van der Waals surface area contributed by atoms with Gasteiger partial charge in [0, 0.05) is 0 Å². The molecule has 6 fully saturated rings. The topological polar surface area (TPSA) is 183 Å². The van der Waals surface area contributed by atoms with Crippen LogP contribution < -0.4 is 0 Å². The normalized spacial score (nSPS) is 46.5. The molecule has 0 amide bonds. The lowest BCUT2D eigenvalue weighted by molar-refractivity contribution is -0.239. The molecule has 0 aromatic rings. The maximum atomic E-state index is 13.8. The van der Waals surface area contributed by atoms with E-state index in [-0.39, 0.29) is 51.3 Å². The van der Waals surface area contributed by atoms with E-state index < -0.39 is 82.5 Å². The summed E-state index contributed by atoms with van der Waals surface area (Å²) in [6, 6.07) is 0. The minimum Gasteiger partial charge on any atom is -0.467 e. The van der Waals surface area contributed by atoms with Crippen molar-refractivity contribution in [1.82, 2.24) is 0 Å². The number of rotatable bonds is 12. The molecule has 4 aliphatic heterocycles. The Hall–Kier alpha value is -2.36. The smallest absolute Gasteiger partial charge is 0.343 e. The monoisotopic (exact) mass is 598 g/mol. The lowest BCUT2D eigenvalue weighted by Crippen LogP contribution is -2.67. The van der Waals surface area contributed by atoms with Gasteiger partial charge in [-0.1, -0.05) is 26.7 Å². The second-order valence-electron chi connectivity index (χ2n) is 12.2. The second-order valence-corrected chi connectivity index (χ2v) is 12.2. The van der Waals surface area contributed by atoms with Crippen LogP contribution in [0.3, 0.4) is 0 Å². The van der Waals surface area contributed by atoms with E-state index in [0.717, 1.165) is 12.8 Å². The molecule has 0 aromatic carbocycles. The van der Waals surface area contributed by atoms with Gasteiger partial charge in [0.1, 0.15) is 18.8 Å². The van der Waals surface area contributed by atoms with Gasteiger partial charge in [0.25, 0.3) is 0 Å². The molecule has 14 heteroatoms. The second kappa shape index (κ2) is 10.1. The molecule has 2 N–H and O–H groups in total. The van der Waals surface area contributed by atoms with Crippen molar-refractivity contribution < 1.29 is 67.3 Å². The summed E-state index contributed by atoms with van der Waals surface area (Å²) in [5.41, 5.74) is -7.62. The number of fused-ring (bicyclic) bond motifs is 1. The Morgan fingerprint density at radius 1 is 1.07 bits per heavy atom. The number of carbonyl (C=O) groups is 4. The maximum Gasteiger partial charge on any atom is 0.343 e. The van der Waals surface area contributed by atoms with Crippen molar-refractivity contribution in [2.24, 2.45) is 28.6 Å². The minimum atomic E-state index is -2.26. The van der Waals surface area contributed by atoms with E-state index >= 15 is 0 Å². The van der Waals surface area contributed by atoms with Crippen LogP contribution in [-0.4, -0.2) is 116 Å². The van der Waals surface area contributed by atoms with Gasteiger partial charge in [0.05, 0.1) is 50.3 Å². The largest absolute Gasteiger partial charge is 0.467 e. The first-order valence-corrected chi connectivity index (χ1v) is 14.6. The summed E-state index contributed by atoms with van der Waals surface area (Å²) in [7, 11) is 1.26. The fraction of sp³-hybridized carbons (Fsp3) is 0.857. The first-order chi connectivity index (χ1) is 20.0. The predicted octanol–water partition coefficient (Wildman–Crippen LogP) is -0.749. The van der Waals surface area contributed by atoms with Crippen molar-refractivity contribution in [1.29, 1.82) is 0 Å². The first-order valence-electron chi connectivity index (χ1n) is 14.6. The maximum absolute atomic E-state index is 13.8. The summed E-state index contributed by atoms with van der Waals surface area (Å²) >= 11 is 0. The molecule has 234 valence electrons. The SMILES string of the molecule is CCCC(C)[C@@H]1CC2OC(=O)[C@@]34O[C@@H]5OC(=O)[C@H](OCCOCCOCC(=O)OC)C51[C@@]23[C@@H](O)[C@@H]1OC(=O)C(C)[C@@]14O. The third-order valence-corrected chi connectivity index (χ3v) is 10.7. The summed E-state index contributed by atoms with van der Waals surface area (Å²) in [5.74, 6) is -4.57. The Morgan fingerprint density at radius 2 is 1.79 bits per heavy atom. The van der Waals surface area contributed by atoms with E-state index in [4.69, 9.17) is 33.2 Å². The van der Waals surface area contributed by atoms with Crippen molar-refractivity contribution in [3.8, 4) is 0 Å². The number of methoxy groups -OCH3 is 1. The molecular weight excluding hydrogens is 560 g/mol. The predicted molar refractivity (Wildman–Crippen MR) is 134 cm³/mol. The van der Waals surface area contributed by atoms with Crippen LogP contribution in [0, 0.1) is 28.6 Å². The average molecular weight is 599 g/mol. The van der Waals surface area contributed by atoms with Crippen LogP contribution in [0.2, 0.25) is 0 Å². The number of hydrogen-bond acceptors (Lipinski definition) is 14. The summed E-state index contributed by atoms with van der Waals surface area (Å²) in [4.78, 5) is 51.2. The fourth-order valence-electron chi connectivity index (χ4n) is 9.30. The summed E-state index contributed by atoms with van der Waals surface area (Å²) in [6.07, 6.45) is -4.80. The molecule has 4 saturated heterocycles. The molecule has 42 heavy (non-hydrogen) atoms. The number of carbonyl (C=O) groups excluding carboxylic acids is 4. The van der Waals surface area contributed by atoms with E-state index in [0.29, 0.717) is 0 Å². The molecular formula is C28H38O14. The molecule has 6 aliphatic rings. The summed E-state index contributed by atoms with van der Waals surface area (Å²) in [5, 5.41) is 24.3. The Balaban J connectivity index is 1.34. The van der Waals surface area contributed by atoms with Crippen LogP contribution in [0.1, 0.15) is 40.0 Å². The molecule has 12 atom stereocenters. The van der Waals surface area contributed by atoms with Crippen LogP contribution in [0.15, 0.2) is 0 Å². The lowest BCUT2D eigenvalue weighted by atomic mass is 9.52. The highest BCUT2D eigenvalue weighted by molar-refractivity contribution is 5.94. The number of ether oxygens (including phenoxy) is 8. The summed E-state index contributed by atoms with van der Waals surface area (Å²) in [6.45, 7) is 5.55. The van der Waals surface area contributed by atoms with Crippen LogP contribution in [-0.2, 0) is 57.1 Å². The Bertz CT molecular complexity index is 1160. The summed E-state index contributed by atoms with van der Waals surface area (Å²) < 4.78 is 45.0. The van der Waals surface area contributed by atoms with Crippen LogP contribution in [0.25, 0.3) is 0 Å². The highest BCUT2D eigenvalue weighted by Gasteiger charge is 3.03. The average Bonchev–Trinajstić information content (AvgIpc) is 3.67. The number of esters is 4. The van der Waals surface area contributed by atoms with Crippen LogP contribution >= 0.6 is 0 Å². The van der Waals surface area contributed by atoms with Gasteiger partial charge in [-0.05, 0) is 25.2 Å². The van der Waals surface area contributed by atoms with E-state index in [2.05, 4.69) is 4.74 Å². The highest BCUT2D eigenvalue weighted by Crippen LogP contribution is 2.84. The zero-order valence-corrected chi connectivity index (χ0v) is 24.1. The molecule has 4 unspecified atom stereocenters. The van der Waals surface area contributed by atoms with Crippen LogP contribution in [0.4, 0.5) is 0 Å². The Morgan fingerprint density at radius 3 is 2.50 bits per heavy atom. The number of aliphatic hydroxyl groups excluding tert-OH is 1. The molecule has 4 heterocycles. The fourth-order valence-corrected chi connectivity index (χ4v) is 9.30. The third-order valence-electron chi connectivity index (χ3n) is 10.7. The van der Waals surface area contributed by atoms with Gasteiger partial charge in [0.2, 0.25) is 11.9 Å². The van der Waals surface area contributed by atoms with E-state index in [1.165, 1.54) is 14.0 Å². The number of aliphatic hydroxyl groups is 2. The van der Waals surface area contributed by atoms with Gasteiger partial charge in [-0.2, -0.15) is 0 Å². The molecule has 0 bridgehead atoms. The zero-order valence-electron chi connectivity index (χ0n) is 24.1. The number of hydrogen-bond donors (Lipinski definition) is 2. The zero-order chi connectivity index (χ0) is 30.2. The van der Waals surface area contributed by atoms with Crippen molar-refractivity contribution in [2.75, 3.05) is 40.1 Å². The van der Waals surface area contributed by atoms with Crippen molar-refractivity contribution >= 4 is 23.9 Å². The third kappa shape index (κ3) is 3.20. The van der Waals surface area contributed by atoms with Gasteiger partial charge < -0.3 is 48.1 Å². The molecule has 6 rings (SSSR count). The van der Waals surface area contributed by atoms with Crippen LogP contribution in [0.5, 0.6) is 0 Å². The molecule has 0 radical (unpaired) electrons. The lowest BCUT2D eigenvalue weighted by Gasteiger charge is -2.46. The van der Waals surface area contributed by atoms with Crippen molar-refractivity contribution in [3.05, 3.63) is 0 Å². The van der Waals surface area contributed by atoms with E-state index in [1.807, 2.05) is 13.8 Å². The molecule has 2 saturated carbocycles. The van der Waals surface area contributed by atoms with Crippen molar-refractivity contribution in [2.45, 2.75) is 81.9 Å². The Kier molecular flexibility index (Phi) is 7.14. The van der Waals surface area contributed by atoms with E-state index in [1.54, 1.807) is 0 Å². The quantitative estimate of drug-likeness (QED) is 0.163. The van der Waals surface area contributed by atoms with E-state index in [9.17, 15) is 29.4 Å². The highest BCUT2D eigenvalue weighted by atomic mass is 16.8. The molecule has 2 spiro atoms. The molecule has 2 aliphatic carbocycles. The Labute approximate surface area is 242 Å².